The van der Waals surface area contributed by atoms with Crippen molar-refractivity contribution in [1.29, 1.82) is 0 Å². The lowest BCUT2D eigenvalue weighted by Crippen LogP contribution is -1.97. The van der Waals surface area contributed by atoms with E-state index >= 15 is 0 Å². The molecule has 88 valence electrons. The molecule has 0 heterocycles. The van der Waals surface area contributed by atoms with E-state index in [1.54, 1.807) is 0 Å². The van der Waals surface area contributed by atoms with Crippen molar-refractivity contribution >= 4 is 34.8 Å². The van der Waals surface area contributed by atoms with Crippen molar-refractivity contribution in [1.82, 2.24) is 0 Å². The first-order valence-electron chi connectivity index (χ1n) is 5.30. The van der Waals surface area contributed by atoms with Crippen molar-refractivity contribution in [3.63, 3.8) is 0 Å². The molecule has 17 heavy (non-hydrogen) atoms. The summed E-state index contributed by atoms with van der Waals surface area (Å²) in [5, 5.41) is 1.03. The van der Waals surface area contributed by atoms with Crippen LogP contribution in [0.15, 0.2) is 48.5 Å². The third kappa shape index (κ3) is 3.16. The Morgan fingerprint density at radius 2 is 1.41 bits per heavy atom. The van der Waals surface area contributed by atoms with Crippen molar-refractivity contribution in [2.24, 2.45) is 0 Å². The van der Waals surface area contributed by atoms with E-state index in [1.165, 1.54) is 5.56 Å². The first-order valence-corrected chi connectivity index (χ1v) is 6.49. The average Bonchev–Trinajstić information content (AvgIpc) is 2.30. The van der Waals surface area contributed by atoms with Gasteiger partial charge in [-0.15, -0.1) is 11.6 Å². The molecule has 0 aliphatic heterocycles. The highest BCUT2D eigenvalue weighted by Crippen LogP contribution is 2.35. The zero-order valence-electron chi connectivity index (χ0n) is 9.04. The molecule has 0 saturated carbocycles. The minimum absolute atomic E-state index is 0.210. The van der Waals surface area contributed by atoms with Gasteiger partial charge >= 0.3 is 0 Å². The summed E-state index contributed by atoms with van der Waals surface area (Å²) in [7, 11) is 0. The predicted octanol–water partition coefficient (Wildman–Crippen LogP) is 5.52. The van der Waals surface area contributed by atoms with Gasteiger partial charge in [0.2, 0.25) is 0 Å². The monoisotopic (exact) mass is 284 g/mol. The van der Waals surface area contributed by atoms with Crippen LogP contribution in [0.3, 0.4) is 0 Å². The first kappa shape index (κ1) is 12.8. The first-order chi connectivity index (χ1) is 8.18. The standard InChI is InChI=1S/C14H11Cl3/c15-11-7-4-8-12(16)14(11)13(17)9-10-5-2-1-3-6-10/h1-8,13H,9H2. The highest BCUT2D eigenvalue weighted by atomic mass is 35.5. The van der Waals surface area contributed by atoms with E-state index in [9.17, 15) is 0 Å². The Morgan fingerprint density at radius 1 is 0.824 bits per heavy atom. The van der Waals surface area contributed by atoms with E-state index in [2.05, 4.69) is 0 Å². The van der Waals surface area contributed by atoms with Crippen molar-refractivity contribution in [3.05, 3.63) is 69.7 Å². The van der Waals surface area contributed by atoms with Crippen LogP contribution < -0.4 is 0 Å². The van der Waals surface area contributed by atoms with Crippen LogP contribution in [-0.2, 0) is 6.42 Å². The van der Waals surface area contributed by atoms with Crippen LogP contribution in [0.4, 0.5) is 0 Å². The Kier molecular flexibility index (Phi) is 4.33. The molecule has 0 aromatic heterocycles. The molecule has 2 aromatic rings. The second-order valence-electron chi connectivity index (χ2n) is 3.79. The number of rotatable bonds is 3. The van der Waals surface area contributed by atoms with Gasteiger partial charge in [0.25, 0.3) is 0 Å². The van der Waals surface area contributed by atoms with Crippen LogP contribution in [0.5, 0.6) is 0 Å². The summed E-state index contributed by atoms with van der Waals surface area (Å²) < 4.78 is 0. The Hall–Kier alpha value is -0.690. The molecule has 0 spiro atoms. The quantitative estimate of drug-likeness (QED) is 0.652. The molecular weight excluding hydrogens is 275 g/mol. The average molecular weight is 286 g/mol. The van der Waals surface area contributed by atoms with Crippen molar-refractivity contribution in [2.75, 3.05) is 0 Å². The van der Waals surface area contributed by atoms with E-state index in [0.717, 1.165) is 5.56 Å². The van der Waals surface area contributed by atoms with Gasteiger partial charge in [-0.1, -0.05) is 59.6 Å². The highest BCUT2D eigenvalue weighted by molar-refractivity contribution is 6.37. The molecule has 0 aliphatic rings. The molecule has 2 aromatic carbocycles. The van der Waals surface area contributed by atoms with Crippen LogP contribution in [0, 0.1) is 0 Å². The van der Waals surface area contributed by atoms with E-state index in [-0.39, 0.29) is 5.38 Å². The summed E-state index contributed by atoms with van der Waals surface area (Å²) in [6.07, 6.45) is 0.714. The maximum atomic E-state index is 6.38. The van der Waals surface area contributed by atoms with Gasteiger partial charge in [0.15, 0.2) is 0 Å². The summed E-state index contributed by atoms with van der Waals surface area (Å²) in [4.78, 5) is 0. The Labute approximate surface area is 116 Å². The third-order valence-corrected chi connectivity index (χ3v) is 3.60. The van der Waals surface area contributed by atoms with Crippen LogP contribution in [-0.4, -0.2) is 0 Å². The molecule has 0 amide bonds. The van der Waals surface area contributed by atoms with Crippen LogP contribution in [0.2, 0.25) is 10.0 Å². The number of halogens is 3. The molecule has 1 unspecified atom stereocenters. The molecule has 2 rings (SSSR count). The largest absolute Gasteiger partial charge is 0.117 e. The van der Waals surface area contributed by atoms with Crippen molar-refractivity contribution in [2.45, 2.75) is 11.8 Å². The van der Waals surface area contributed by atoms with E-state index < -0.39 is 0 Å². The summed E-state index contributed by atoms with van der Waals surface area (Å²) in [6.45, 7) is 0. The smallest absolute Gasteiger partial charge is 0.0654 e. The van der Waals surface area contributed by atoms with Gasteiger partial charge < -0.3 is 0 Å². The molecule has 3 heteroatoms. The normalized spacial score (nSPS) is 12.4. The Morgan fingerprint density at radius 3 is 2.00 bits per heavy atom. The van der Waals surface area contributed by atoms with Crippen LogP contribution >= 0.6 is 34.8 Å². The fourth-order valence-corrected chi connectivity index (χ4v) is 2.92. The zero-order valence-corrected chi connectivity index (χ0v) is 11.3. The lowest BCUT2D eigenvalue weighted by molar-refractivity contribution is 0.920. The maximum Gasteiger partial charge on any atom is 0.0654 e. The van der Waals surface area contributed by atoms with E-state index in [0.29, 0.717) is 16.5 Å². The van der Waals surface area contributed by atoms with Gasteiger partial charge in [-0.2, -0.15) is 0 Å². The van der Waals surface area contributed by atoms with Crippen LogP contribution in [0.1, 0.15) is 16.5 Å². The van der Waals surface area contributed by atoms with Crippen molar-refractivity contribution in [3.8, 4) is 0 Å². The number of alkyl halides is 1. The SMILES string of the molecule is Clc1cccc(Cl)c1C(Cl)Cc1ccccc1. The molecule has 1 atom stereocenters. The van der Waals surface area contributed by atoms with Gasteiger partial charge in [0.1, 0.15) is 0 Å². The highest BCUT2D eigenvalue weighted by Gasteiger charge is 2.15. The fourth-order valence-electron chi connectivity index (χ4n) is 1.73. The second-order valence-corrected chi connectivity index (χ2v) is 5.13. The van der Waals surface area contributed by atoms with Gasteiger partial charge in [0.05, 0.1) is 5.38 Å². The molecular formula is C14H11Cl3. The zero-order chi connectivity index (χ0) is 12.3. The molecule has 0 nitrogen and oxygen atoms in total. The minimum Gasteiger partial charge on any atom is -0.117 e. The lowest BCUT2D eigenvalue weighted by atomic mass is 10.0. The summed E-state index contributed by atoms with van der Waals surface area (Å²) >= 11 is 18.6. The summed E-state index contributed by atoms with van der Waals surface area (Å²) in [6, 6.07) is 15.5. The van der Waals surface area contributed by atoms with Gasteiger partial charge in [-0.3, -0.25) is 0 Å². The molecule has 0 saturated heterocycles. The van der Waals surface area contributed by atoms with Gasteiger partial charge in [-0.05, 0) is 24.1 Å². The molecule has 0 bridgehead atoms. The molecule has 0 radical (unpaired) electrons. The maximum absolute atomic E-state index is 6.38. The summed E-state index contributed by atoms with van der Waals surface area (Å²) in [5.74, 6) is 0. The van der Waals surface area contributed by atoms with E-state index in [4.69, 9.17) is 34.8 Å². The second kappa shape index (κ2) is 5.77. The minimum atomic E-state index is -0.210. The van der Waals surface area contributed by atoms with Crippen LogP contribution in [0.25, 0.3) is 0 Å². The fraction of sp³-hybridized carbons (Fsp3) is 0.143. The summed E-state index contributed by atoms with van der Waals surface area (Å²) in [5.41, 5.74) is 1.98. The number of hydrogen-bond donors (Lipinski definition) is 0. The van der Waals surface area contributed by atoms with Crippen molar-refractivity contribution < 1.29 is 0 Å². The topological polar surface area (TPSA) is 0 Å². The molecule has 0 aliphatic carbocycles. The van der Waals surface area contributed by atoms with Gasteiger partial charge in [0, 0.05) is 15.6 Å². The Bertz CT molecular complexity index is 474. The van der Waals surface area contributed by atoms with E-state index in [1.807, 2.05) is 48.5 Å². The lowest BCUT2D eigenvalue weighted by Gasteiger charge is -2.13. The number of benzene rings is 2. The Balaban J connectivity index is 2.23. The van der Waals surface area contributed by atoms with Gasteiger partial charge in [-0.25, -0.2) is 0 Å². The molecule has 0 N–H and O–H groups in total. The molecule has 0 fully saturated rings. The predicted molar refractivity (Wildman–Crippen MR) is 75.2 cm³/mol. The number of hydrogen-bond acceptors (Lipinski definition) is 0. The third-order valence-electron chi connectivity index (χ3n) is 2.57.